The molecule has 4 heteroatoms. The monoisotopic (exact) mass is 314 g/mol. The first-order valence-electron chi connectivity index (χ1n) is 7.63. The second-order valence-corrected chi connectivity index (χ2v) is 4.59. The maximum Gasteiger partial charge on any atom is 0.338 e. The molecule has 0 saturated heterocycles. The number of benzene rings is 2. The van der Waals surface area contributed by atoms with Crippen molar-refractivity contribution in [2.24, 2.45) is 0 Å². The molecule has 0 fully saturated rings. The van der Waals surface area contributed by atoms with Crippen molar-refractivity contribution >= 4 is 11.9 Å². The predicted octanol–water partition coefficient (Wildman–Crippen LogP) is 4.12. The highest BCUT2D eigenvalue weighted by molar-refractivity contribution is 5.89. The van der Waals surface area contributed by atoms with Gasteiger partial charge in [0.05, 0.1) is 24.3 Å². The zero-order chi connectivity index (χ0) is 16.9. The van der Waals surface area contributed by atoms with E-state index in [1.54, 1.807) is 31.2 Å². The fraction of sp³-hybridized carbons (Fsp3) is 0.263. The first-order valence-corrected chi connectivity index (χ1v) is 7.63. The largest absolute Gasteiger partial charge is 0.462 e. The minimum absolute atomic E-state index is 0.238. The van der Waals surface area contributed by atoms with Crippen LogP contribution in [0.5, 0.6) is 0 Å². The smallest absolute Gasteiger partial charge is 0.338 e. The van der Waals surface area contributed by atoms with Crippen molar-refractivity contribution in [3.05, 3.63) is 71.8 Å². The fourth-order valence-corrected chi connectivity index (χ4v) is 1.64. The van der Waals surface area contributed by atoms with Crippen LogP contribution >= 0.6 is 0 Å². The zero-order valence-corrected chi connectivity index (χ0v) is 13.5. The van der Waals surface area contributed by atoms with Gasteiger partial charge in [0.1, 0.15) is 0 Å². The summed E-state index contributed by atoms with van der Waals surface area (Å²) in [5.74, 6) is -0.495. The lowest BCUT2D eigenvalue weighted by atomic mass is 10.2. The highest BCUT2D eigenvalue weighted by atomic mass is 16.5. The van der Waals surface area contributed by atoms with Gasteiger partial charge >= 0.3 is 11.9 Å². The number of carbonyl (C=O) groups excluding carboxylic acids is 2. The number of carbonyl (C=O) groups is 2. The average Bonchev–Trinajstić information content (AvgIpc) is 2.62. The van der Waals surface area contributed by atoms with Crippen molar-refractivity contribution in [3.8, 4) is 0 Å². The van der Waals surface area contributed by atoms with Crippen LogP contribution in [0.1, 0.15) is 41.0 Å². The number of rotatable bonds is 5. The SMILES string of the molecule is CCCOC(=O)c1ccccc1.CCOC(=O)c1ccccc1. The van der Waals surface area contributed by atoms with Crippen molar-refractivity contribution in [3.63, 3.8) is 0 Å². The third-order valence-electron chi connectivity index (χ3n) is 2.73. The number of hydrogen-bond donors (Lipinski definition) is 0. The molecule has 0 heterocycles. The van der Waals surface area contributed by atoms with E-state index in [1.165, 1.54) is 0 Å². The fourth-order valence-electron chi connectivity index (χ4n) is 1.64. The van der Waals surface area contributed by atoms with E-state index in [0.717, 1.165) is 6.42 Å². The lowest BCUT2D eigenvalue weighted by Crippen LogP contribution is -2.05. The maximum absolute atomic E-state index is 11.2. The zero-order valence-electron chi connectivity index (χ0n) is 13.5. The van der Waals surface area contributed by atoms with Gasteiger partial charge in [-0.25, -0.2) is 9.59 Å². The molecule has 0 saturated carbocycles. The maximum atomic E-state index is 11.2. The van der Waals surface area contributed by atoms with E-state index in [9.17, 15) is 9.59 Å². The van der Waals surface area contributed by atoms with E-state index in [4.69, 9.17) is 9.47 Å². The Morgan fingerprint density at radius 2 is 1.17 bits per heavy atom. The molecule has 0 aliphatic carbocycles. The molecule has 122 valence electrons. The van der Waals surface area contributed by atoms with Crippen LogP contribution in [0.15, 0.2) is 60.7 Å². The van der Waals surface area contributed by atoms with Crippen LogP contribution in [0.4, 0.5) is 0 Å². The average molecular weight is 314 g/mol. The Hall–Kier alpha value is -2.62. The standard InChI is InChI=1S/C10H12O2.C9H10O2/c1-2-8-12-10(11)9-6-4-3-5-7-9;1-2-11-9(10)8-6-4-3-5-7-8/h3-7H,2,8H2,1H3;3-7H,2H2,1H3. The Bertz CT molecular complexity index is 579. The van der Waals surface area contributed by atoms with E-state index >= 15 is 0 Å². The Morgan fingerprint density at radius 3 is 1.57 bits per heavy atom. The Labute approximate surface area is 137 Å². The quantitative estimate of drug-likeness (QED) is 0.779. The molecule has 2 aromatic carbocycles. The molecule has 4 nitrogen and oxygen atoms in total. The molecule has 0 amide bonds. The molecular weight excluding hydrogens is 292 g/mol. The first-order chi connectivity index (χ1) is 11.2. The third kappa shape index (κ3) is 7.27. The molecule has 0 unspecified atom stereocenters. The van der Waals surface area contributed by atoms with Crippen molar-refractivity contribution in [1.29, 1.82) is 0 Å². The van der Waals surface area contributed by atoms with Crippen LogP contribution in [0, 0.1) is 0 Å². The predicted molar refractivity (Wildman–Crippen MR) is 89.4 cm³/mol. The highest BCUT2D eigenvalue weighted by Gasteiger charge is 2.03. The van der Waals surface area contributed by atoms with Crippen LogP contribution in [-0.2, 0) is 9.47 Å². The lowest BCUT2D eigenvalue weighted by molar-refractivity contribution is 0.0501. The summed E-state index contributed by atoms with van der Waals surface area (Å²) in [5, 5.41) is 0. The van der Waals surface area contributed by atoms with E-state index in [1.807, 2.05) is 43.3 Å². The van der Waals surface area contributed by atoms with Crippen molar-refractivity contribution in [2.45, 2.75) is 20.3 Å². The molecule has 23 heavy (non-hydrogen) atoms. The van der Waals surface area contributed by atoms with Gasteiger partial charge < -0.3 is 9.47 Å². The molecule has 0 aliphatic rings. The molecule has 2 rings (SSSR count). The lowest BCUT2D eigenvalue weighted by Gasteiger charge is -2.01. The normalized spacial score (nSPS) is 9.30. The van der Waals surface area contributed by atoms with Gasteiger partial charge in [-0.3, -0.25) is 0 Å². The summed E-state index contributed by atoms with van der Waals surface area (Å²) in [4.78, 5) is 22.2. The summed E-state index contributed by atoms with van der Waals surface area (Å²) in [6, 6.07) is 18.0. The van der Waals surface area contributed by atoms with Crippen molar-refractivity contribution in [1.82, 2.24) is 0 Å². The molecule has 0 spiro atoms. The summed E-state index contributed by atoms with van der Waals surface area (Å²) in [5.41, 5.74) is 1.22. The molecule has 2 aromatic rings. The van der Waals surface area contributed by atoms with Gasteiger partial charge in [0.25, 0.3) is 0 Å². The van der Waals surface area contributed by atoms with Gasteiger partial charge in [0, 0.05) is 0 Å². The molecule has 0 atom stereocenters. The number of ether oxygens (including phenoxy) is 2. The number of esters is 2. The van der Waals surface area contributed by atoms with Gasteiger partial charge in [-0.1, -0.05) is 43.3 Å². The minimum atomic E-state index is -0.256. The van der Waals surface area contributed by atoms with Gasteiger partial charge in [-0.2, -0.15) is 0 Å². The summed E-state index contributed by atoms with van der Waals surface area (Å²) in [6.45, 7) is 4.68. The van der Waals surface area contributed by atoms with Gasteiger partial charge in [-0.15, -0.1) is 0 Å². The van der Waals surface area contributed by atoms with E-state index in [0.29, 0.717) is 24.3 Å². The Morgan fingerprint density at radius 1 is 0.739 bits per heavy atom. The first kappa shape index (κ1) is 18.4. The van der Waals surface area contributed by atoms with Gasteiger partial charge in [0.2, 0.25) is 0 Å². The Kier molecular flexibility index (Phi) is 8.83. The van der Waals surface area contributed by atoms with Gasteiger partial charge in [-0.05, 0) is 37.6 Å². The van der Waals surface area contributed by atoms with Crippen molar-refractivity contribution < 1.29 is 19.1 Å². The summed E-state index contributed by atoms with van der Waals surface area (Å²) < 4.78 is 9.73. The van der Waals surface area contributed by atoms with Gasteiger partial charge in [0.15, 0.2) is 0 Å². The van der Waals surface area contributed by atoms with Crippen LogP contribution in [-0.4, -0.2) is 25.2 Å². The minimum Gasteiger partial charge on any atom is -0.462 e. The van der Waals surface area contributed by atoms with Crippen LogP contribution in [0.3, 0.4) is 0 Å². The van der Waals surface area contributed by atoms with E-state index in [2.05, 4.69) is 0 Å². The van der Waals surface area contributed by atoms with E-state index < -0.39 is 0 Å². The Balaban J connectivity index is 0.000000231. The molecule has 0 aromatic heterocycles. The van der Waals surface area contributed by atoms with Crippen LogP contribution < -0.4 is 0 Å². The van der Waals surface area contributed by atoms with E-state index in [-0.39, 0.29) is 11.9 Å². The topological polar surface area (TPSA) is 52.6 Å². The third-order valence-corrected chi connectivity index (χ3v) is 2.73. The summed E-state index contributed by atoms with van der Waals surface area (Å²) in [7, 11) is 0. The highest BCUT2D eigenvalue weighted by Crippen LogP contribution is 2.01. The molecule has 0 radical (unpaired) electrons. The molecule has 0 N–H and O–H groups in total. The molecule has 0 bridgehead atoms. The molecule has 0 aliphatic heterocycles. The summed E-state index contributed by atoms with van der Waals surface area (Å²) >= 11 is 0. The summed E-state index contributed by atoms with van der Waals surface area (Å²) in [6.07, 6.45) is 0.860. The molecular formula is C19H22O4. The van der Waals surface area contributed by atoms with Crippen LogP contribution in [0.2, 0.25) is 0 Å². The second kappa shape index (κ2) is 11.0. The number of hydrogen-bond acceptors (Lipinski definition) is 4. The van der Waals surface area contributed by atoms with Crippen LogP contribution in [0.25, 0.3) is 0 Å². The second-order valence-electron chi connectivity index (χ2n) is 4.59. The van der Waals surface area contributed by atoms with Crippen molar-refractivity contribution in [2.75, 3.05) is 13.2 Å².